The topological polar surface area (TPSA) is 97.2 Å². The van der Waals surface area contributed by atoms with Gasteiger partial charge in [0.2, 0.25) is 6.79 Å². The monoisotopic (exact) mass is 589 g/mol. The van der Waals surface area contributed by atoms with Crippen molar-refractivity contribution in [3.05, 3.63) is 112 Å². The number of likely N-dealkylation sites (tertiary alicyclic amines) is 1. The van der Waals surface area contributed by atoms with Crippen molar-refractivity contribution in [1.82, 2.24) is 14.8 Å². The highest BCUT2D eigenvalue weighted by molar-refractivity contribution is 5.93. The summed E-state index contributed by atoms with van der Waals surface area (Å²) in [6, 6.07) is 23.7. The number of hydrogen-bond acceptors (Lipinski definition) is 7. The van der Waals surface area contributed by atoms with E-state index >= 15 is 0 Å². The van der Waals surface area contributed by atoms with Gasteiger partial charge in [-0.05, 0) is 92.2 Å². The third-order valence-electron chi connectivity index (χ3n) is 8.76. The smallest absolute Gasteiger partial charge is 0.290 e. The molecule has 1 saturated heterocycles. The quantitative estimate of drug-likeness (QED) is 0.259. The average Bonchev–Trinajstić information content (AvgIpc) is 3.87. The van der Waals surface area contributed by atoms with Crippen LogP contribution in [0.3, 0.4) is 0 Å². The van der Waals surface area contributed by atoms with Crippen LogP contribution in [0.15, 0.2) is 88.1 Å². The number of hydrogen-bond donors (Lipinski definition) is 1. The minimum absolute atomic E-state index is 0.0849. The second-order valence-electron chi connectivity index (χ2n) is 11.4. The maximum Gasteiger partial charge on any atom is 0.290 e. The van der Waals surface area contributed by atoms with E-state index in [0.29, 0.717) is 40.5 Å². The fourth-order valence-corrected chi connectivity index (χ4v) is 6.49. The standard InChI is InChI=1S/C35H31N3O6/c39-34-25-5-1-2-6-27(25)36-32-26(34)20-38(33(32)23-9-12-29-31(19-23)43-21-42-29)35(40)30-14-13-28(44-30)22-7-10-24(11-8-22)41-18-17-37-15-3-4-16-37/h1-2,5-14,19,33H,3-4,15-18,20-21H2,(H,36,39). The largest absolute Gasteiger partial charge is 0.492 e. The zero-order valence-electron chi connectivity index (χ0n) is 24.1. The summed E-state index contributed by atoms with van der Waals surface area (Å²) in [5, 5.41) is 0.591. The lowest BCUT2D eigenvalue weighted by atomic mass is 10.0. The Labute approximate surface area is 253 Å². The second kappa shape index (κ2) is 10.9. The molecular weight excluding hydrogens is 558 g/mol. The van der Waals surface area contributed by atoms with Crippen LogP contribution in [0.4, 0.5) is 0 Å². The molecule has 0 radical (unpaired) electrons. The number of carbonyl (C=O) groups is 1. The van der Waals surface area contributed by atoms with E-state index in [1.165, 1.54) is 12.8 Å². The summed E-state index contributed by atoms with van der Waals surface area (Å²) in [7, 11) is 0. The maximum atomic E-state index is 14.1. The van der Waals surface area contributed by atoms with Crippen molar-refractivity contribution >= 4 is 16.8 Å². The summed E-state index contributed by atoms with van der Waals surface area (Å²) in [6.07, 6.45) is 2.53. The Balaban J connectivity index is 1.07. The molecule has 0 spiro atoms. The van der Waals surface area contributed by atoms with E-state index in [2.05, 4.69) is 9.88 Å². The molecule has 1 unspecified atom stereocenters. The zero-order valence-corrected chi connectivity index (χ0v) is 24.1. The average molecular weight is 590 g/mol. The SMILES string of the molecule is O=C(c1ccc(-c2ccc(OCCN3CCCC3)cc2)o1)N1Cc2c([nH]c3ccccc3c2=O)C1c1ccc2c(c1)OCO2. The van der Waals surface area contributed by atoms with Gasteiger partial charge in [0.1, 0.15) is 18.1 Å². The van der Waals surface area contributed by atoms with Crippen LogP contribution >= 0.6 is 0 Å². The van der Waals surface area contributed by atoms with Crippen LogP contribution < -0.4 is 19.6 Å². The third-order valence-corrected chi connectivity index (χ3v) is 8.76. The summed E-state index contributed by atoms with van der Waals surface area (Å²) in [5.41, 5.74) is 3.53. The Morgan fingerprint density at radius 2 is 1.75 bits per heavy atom. The van der Waals surface area contributed by atoms with Crippen molar-refractivity contribution in [3.63, 3.8) is 0 Å². The fraction of sp³-hybridized carbons (Fsp3) is 0.257. The van der Waals surface area contributed by atoms with Gasteiger partial charge in [-0.25, -0.2) is 0 Å². The second-order valence-corrected chi connectivity index (χ2v) is 11.4. The van der Waals surface area contributed by atoms with E-state index in [1.54, 1.807) is 23.1 Å². The summed E-state index contributed by atoms with van der Waals surface area (Å²) in [6.45, 7) is 4.17. The van der Waals surface area contributed by atoms with Crippen molar-refractivity contribution in [1.29, 1.82) is 0 Å². The first-order valence-electron chi connectivity index (χ1n) is 15.0. The van der Waals surface area contributed by atoms with Gasteiger partial charge in [0.05, 0.1) is 18.3 Å². The highest BCUT2D eigenvalue weighted by atomic mass is 16.7. The molecule has 9 nitrogen and oxygen atoms in total. The number of pyridine rings is 1. The number of benzene rings is 3. The number of nitrogens with one attached hydrogen (secondary N) is 1. The molecule has 2 aromatic heterocycles. The molecule has 3 aromatic carbocycles. The minimum atomic E-state index is -0.546. The van der Waals surface area contributed by atoms with Crippen molar-refractivity contribution in [2.24, 2.45) is 0 Å². The van der Waals surface area contributed by atoms with Crippen molar-refractivity contribution in [2.45, 2.75) is 25.4 Å². The third kappa shape index (κ3) is 4.69. The number of H-pyrrole nitrogens is 1. The van der Waals surface area contributed by atoms with Gasteiger partial charge in [-0.2, -0.15) is 0 Å². The van der Waals surface area contributed by atoms with E-state index < -0.39 is 6.04 Å². The molecule has 8 rings (SSSR count). The van der Waals surface area contributed by atoms with Gasteiger partial charge in [-0.3, -0.25) is 14.5 Å². The van der Waals surface area contributed by atoms with Crippen LogP contribution in [0, 0.1) is 0 Å². The van der Waals surface area contributed by atoms with Crippen LogP contribution in [-0.4, -0.2) is 53.7 Å². The van der Waals surface area contributed by atoms with Crippen LogP contribution in [0.25, 0.3) is 22.2 Å². The summed E-state index contributed by atoms with van der Waals surface area (Å²) >= 11 is 0. The lowest BCUT2D eigenvalue weighted by Crippen LogP contribution is -2.30. The first-order valence-corrected chi connectivity index (χ1v) is 15.0. The molecule has 0 bridgehead atoms. The Kier molecular flexibility index (Phi) is 6.60. The first kappa shape index (κ1) is 26.6. The molecule has 3 aliphatic rings. The van der Waals surface area contributed by atoms with Gasteiger partial charge >= 0.3 is 0 Å². The van der Waals surface area contributed by atoms with Gasteiger partial charge in [0, 0.05) is 28.6 Å². The number of fused-ring (bicyclic) bond motifs is 3. The lowest BCUT2D eigenvalue weighted by molar-refractivity contribution is 0.0685. The summed E-state index contributed by atoms with van der Waals surface area (Å²) in [4.78, 5) is 35.3. The molecular formula is C35H31N3O6. The Morgan fingerprint density at radius 1 is 0.932 bits per heavy atom. The minimum Gasteiger partial charge on any atom is -0.492 e. The summed E-state index contributed by atoms with van der Waals surface area (Å²) in [5.74, 6) is 2.52. The number of carbonyl (C=O) groups excluding carboxylic acids is 1. The molecule has 5 aromatic rings. The molecule has 1 N–H and O–H groups in total. The van der Waals surface area contributed by atoms with Crippen LogP contribution in [0.2, 0.25) is 0 Å². The molecule has 1 atom stereocenters. The lowest BCUT2D eigenvalue weighted by Gasteiger charge is -2.25. The number of nitrogens with zero attached hydrogens (tertiary/aromatic N) is 2. The molecule has 0 saturated carbocycles. The molecule has 0 aliphatic carbocycles. The predicted molar refractivity (Wildman–Crippen MR) is 164 cm³/mol. The Hall–Kier alpha value is -5.02. The van der Waals surface area contributed by atoms with E-state index in [0.717, 1.165) is 42.0 Å². The number of para-hydroxylation sites is 1. The molecule has 1 fully saturated rings. The predicted octanol–water partition coefficient (Wildman–Crippen LogP) is 5.74. The highest BCUT2D eigenvalue weighted by Gasteiger charge is 2.39. The number of aromatic amines is 1. The number of amides is 1. The van der Waals surface area contributed by atoms with Gasteiger partial charge in [-0.1, -0.05) is 18.2 Å². The molecule has 222 valence electrons. The summed E-state index contributed by atoms with van der Waals surface area (Å²) < 4.78 is 23.2. The van der Waals surface area contributed by atoms with Crippen LogP contribution in [-0.2, 0) is 6.54 Å². The molecule has 44 heavy (non-hydrogen) atoms. The molecule has 5 heterocycles. The Bertz CT molecular complexity index is 1920. The van der Waals surface area contributed by atoms with Crippen molar-refractivity contribution in [2.75, 3.05) is 33.0 Å². The van der Waals surface area contributed by atoms with Crippen molar-refractivity contribution < 1.29 is 23.4 Å². The number of aromatic nitrogens is 1. The number of rotatable bonds is 7. The van der Waals surface area contributed by atoms with E-state index in [1.807, 2.05) is 60.7 Å². The normalized spacial score (nSPS) is 17.4. The van der Waals surface area contributed by atoms with Gasteiger partial charge < -0.3 is 28.5 Å². The van der Waals surface area contributed by atoms with Gasteiger partial charge in [0.25, 0.3) is 5.91 Å². The van der Waals surface area contributed by atoms with E-state index in [-0.39, 0.29) is 30.4 Å². The molecule has 3 aliphatic heterocycles. The fourth-order valence-electron chi connectivity index (χ4n) is 6.49. The highest BCUT2D eigenvalue weighted by Crippen LogP contribution is 2.42. The van der Waals surface area contributed by atoms with Crippen LogP contribution in [0.5, 0.6) is 17.2 Å². The first-order chi connectivity index (χ1) is 21.6. The van der Waals surface area contributed by atoms with Gasteiger partial charge in [-0.15, -0.1) is 0 Å². The van der Waals surface area contributed by atoms with Crippen LogP contribution in [0.1, 0.15) is 46.3 Å². The van der Waals surface area contributed by atoms with Gasteiger partial charge in [0.15, 0.2) is 22.7 Å². The van der Waals surface area contributed by atoms with E-state index in [4.69, 9.17) is 18.6 Å². The van der Waals surface area contributed by atoms with E-state index in [9.17, 15) is 9.59 Å². The maximum absolute atomic E-state index is 14.1. The molecule has 9 heteroatoms. The number of ether oxygens (including phenoxy) is 3. The number of furan rings is 1. The Morgan fingerprint density at radius 3 is 2.61 bits per heavy atom. The molecule has 1 amide bonds. The zero-order chi connectivity index (χ0) is 29.6. The van der Waals surface area contributed by atoms with Crippen molar-refractivity contribution in [3.8, 4) is 28.6 Å².